The molecule has 0 saturated heterocycles. The Morgan fingerprint density at radius 3 is 2.53 bits per heavy atom. The Kier molecular flexibility index (Phi) is 7.64. The van der Waals surface area contributed by atoms with Crippen LogP contribution < -0.4 is 9.47 Å². The number of hydrogen-bond acceptors (Lipinski definition) is 5. The van der Waals surface area contributed by atoms with Crippen molar-refractivity contribution in [3.63, 3.8) is 0 Å². The van der Waals surface area contributed by atoms with Crippen molar-refractivity contribution in [1.82, 2.24) is 9.80 Å². The molecule has 0 unspecified atom stereocenters. The van der Waals surface area contributed by atoms with Crippen molar-refractivity contribution in [1.29, 1.82) is 0 Å². The Morgan fingerprint density at radius 2 is 1.81 bits per heavy atom. The molecule has 2 aromatic carbocycles. The van der Waals surface area contributed by atoms with Gasteiger partial charge in [-0.25, -0.2) is 0 Å². The Hall–Kier alpha value is -3.79. The average Bonchev–Trinajstić information content (AvgIpc) is 3.54. The molecular formula is C26H23F3N2O4S. The molecule has 0 aliphatic carbocycles. The minimum atomic E-state index is -4.59. The molecule has 0 fully saturated rings. The van der Waals surface area contributed by atoms with Gasteiger partial charge >= 0.3 is 6.18 Å². The van der Waals surface area contributed by atoms with Crippen molar-refractivity contribution in [3.05, 3.63) is 94.2 Å². The minimum absolute atomic E-state index is 0.00230. The smallest absolute Gasteiger partial charge is 0.416 e. The largest absolute Gasteiger partial charge is 0.454 e. The molecule has 0 bridgehead atoms. The lowest BCUT2D eigenvalue weighted by Crippen LogP contribution is -2.42. The summed E-state index contributed by atoms with van der Waals surface area (Å²) in [4.78, 5) is 30.2. The molecule has 188 valence electrons. The monoisotopic (exact) mass is 516 g/mol. The van der Waals surface area contributed by atoms with E-state index in [1.54, 1.807) is 17.0 Å². The first-order valence-electron chi connectivity index (χ1n) is 11.0. The van der Waals surface area contributed by atoms with Crippen LogP contribution in [-0.2, 0) is 24.1 Å². The number of benzene rings is 2. The third-order valence-electron chi connectivity index (χ3n) is 5.49. The molecule has 4 rings (SSSR count). The topological polar surface area (TPSA) is 59.1 Å². The highest BCUT2D eigenvalue weighted by Gasteiger charge is 2.31. The van der Waals surface area contributed by atoms with E-state index in [0.717, 1.165) is 22.6 Å². The average molecular weight is 517 g/mol. The van der Waals surface area contributed by atoms with E-state index in [0.29, 0.717) is 18.0 Å². The van der Waals surface area contributed by atoms with Crippen molar-refractivity contribution in [2.75, 3.05) is 19.9 Å². The molecule has 1 aliphatic rings. The van der Waals surface area contributed by atoms with Crippen LogP contribution in [0.2, 0.25) is 0 Å². The fraction of sp³-hybridized carbons (Fsp3) is 0.231. The lowest BCUT2D eigenvalue weighted by Gasteiger charge is -2.27. The van der Waals surface area contributed by atoms with E-state index in [1.165, 1.54) is 34.4 Å². The molecule has 6 nitrogen and oxygen atoms in total. The first kappa shape index (κ1) is 25.3. The number of fused-ring (bicyclic) bond motifs is 1. The Bertz CT molecular complexity index is 1240. The number of thiophene rings is 1. The zero-order valence-corrected chi connectivity index (χ0v) is 20.0. The molecule has 3 aromatic rings. The molecule has 0 N–H and O–H groups in total. The lowest BCUT2D eigenvalue weighted by atomic mass is 10.1. The van der Waals surface area contributed by atoms with Crippen LogP contribution in [0, 0.1) is 0 Å². The van der Waals surface area contributed by atoms with Crippen LogP contribution in [0.15, 0.2) is 72.6 Å². The molecule has 2 amide bonds. The zero-order valence-electron chi connectivity index (χ0n) is 19.2. The number of carbonyl (C=O) groups is 2. The summed E-state index contributed by atoms with van der Waals surface area (Å²) in [6.45, 7) is 3.98. The number of amides is 2. The minimum Gasteiger partial charge on any atom is -0.454 e. The molecule has 0 saturated carbocycles. The molecule has 0 spiro atoms. The van der Waals surface area contributed by atoms with Gasteiger partial charge in [-0.1, -0.05) is 24.3 Å². The second-order valence-corrected chi connectivity index (χ2v) is 9.10. The fourth-order valence-corrected chi connectivity index (χ4v) is 4.45. The van der Waals surface area contributed by atoms with Crippen LogP contribution in [0.1, 0.15) is 26.4 Å². The molecule has 10 heteroatoms. The van der Waals surface area contributed by atoms with E-state index < -0.39 is 17.6 Å². The molecular weight excluding hydrogens is 493 g/mol. The van der Waals surface area contributed by atoms with Crippen LogP contribution in [0.5, 0.6) is 11.5 Å². The maximum absolute atomic E-state index is 13.4. The van der Waals surface area contributed by atoms with E-state index in [4.69, 9.17) is 9.47 Å². The molecule has 1 aromatic heterocycles. The van der Waals surface area contributed by atoms with Gasteiger partial charge in [0.15, 0.2) is 11.5 Å². The van der Waals surface area contributed by atoms with E-state index in [9.17, 15) is 22.8 Å². The van der Waals surface area contributed by atoms with E-state index in [2.05, 4.69) is 6.58 Å². The summed E-state index contributed by atoms with van der Waals surface area (Å²) >= 11 is 1.49. The quantitative estimate of drug-likeness (QED) is 0.360. The number of rotatable bonds is 9. The number of halogens is 3. The Morgan fingerprint density at radius 1 is 1.00 bits per heavy atom. The van der Waals surface area contributed by atoms with Gasteiger partial charge in [-0.05, 0) is 47.3 Å². The van der Waals surface area contributed by atoms with Crippen LogP contribution in [-0.4, -0.2) is 41.5 Å². The predicted molar refractivity (Wildman–Crippen MR) is 129 cm³/mol. The highest BCUT2D eigenvalue weighted by molar-refractivity contribution is 7.09. The summed E-state index contributed by atoms with van der Waals surface area (Å²) in [6.07, 6.45) is -3.16. The van der Waals surface area contributed by atoms with Gasteiger partial charge in [-0.3, -0.25) is 9.59 Å². The summed E-state index contributed by atoms with van der Waals surface area (Å²) in [5.74, 6) is 0.166. The van der Waals surface area contributed by atoms with Crippen molar-refractivity contribution in [2.24, 2.45) is 0 Å². The van der Waals surface area contributed by atoms with Gasteiger partial charge < -0.3 is 19.3 Å². The zero-order chi connectivity index (χ0) is 25.7. The standard InChI is InChI=1S/C26H23F3N2O4S/c1-2-10-30(25(33)19-5-3-6-20(13-19)26(27,28)29)16-24(32)31(15-21-7-4-11-36-21)14-18-8-9-22-23(12-18)35-17-34-22/h2-9,11-13H,1,10,14-17H2. The van der Waals surface area contributed by atoms with Crippen molar-refractivity contribution in [3.8, 4) is 11.5 Å². The third-order valence-corrected chi connectivity index (χ3v) is 6.35. The van der Waals surface area contributed by atoms with E-state index >= 15 is 0 Å². The maximum atomic E-state index is 13.4. The van der Waals surface area contributed by atoms with Gasteiger partial charge in [0, 0.05) is 23.5 Å². The summed E-state index contributed by atoms with van der Waals surface area (Å²) in [5, 5.41) is 1.90. The second-order valence-electron chi connectivity index (χ2n) is 8.07. The molecule has 0 radical (unpaired) electrons. The third kappa shape index (κ3) is 6.06. The van der Waals surface area contributed by atoms with Crippen LogP contribution in [0.25, 0.3) is 0 Å². The highest BCUT2D eigenvalue weighted by Crippen LogP contribution is 2.33. The molecule has 0 atom stereocenters. The van der Waals surface area contributed by atoms with Gasteiger partial charge in [0.1, 0.15) is 6.54 Å². The van der Waals surface area contributed by atoms with Crippen LogP contribution >= 0.6 is 11.3 Å². The second kappa shape index (κ2) is 10.9. The number of carbonyl (C=O) groups excluding carboxylic acids is 2. The SMILES string of the molecule is C=CCN(CC(=O)N(Cc1ccc2c(c1)OCO2)Cc1cccs1)C(=O)c1cccc(C(F)(F)F)c1. The fourth-order valence-electron chi connectivity index (χ4n) is 3.73. The van der Waals surface area contributed by atoms with E-state index in [-0.39, 0.29) is 37.9 Å². The number of ether oxygens (including phenoxy) is 2. The maximum Gasteiger partial charge on any atom is 0.416 e. The van der Waals surface area contributed by atoms with Gasteiger partial charge in [-0.15, -0.1) is 17.9 Å². The van der Waals surface area contributed by atoms with Crippen LogP contribution in [0.3, 0.4) is 0 Å². The summed E-state index contributed by atoms with van der Waals surface area (Å²) in [6, 6.07) is 13.3. The van der Waals surface area contributed by atoms with Gasteiger partial charge in [0.05, 0.1) is 12.1 Å². The summed E-state index contributed by atoms with van der Waals surface area (Å²) in [7, 11) is 0. The van der Waals surface area contributed by atoms with Gasteiger partial charge in [-0.2, -0.15) is 13.2 Å². The number of hydrogen-bond donors (Lipinski definition) is 0. The van der Waals surface area contributed by atoms with Gasteiger partial charge in [0.2, 0.25) is 12.7 Å². The lowest BCUT2D eigenvalue weighted by molar-refractivity contribution is -0.137. The Labute approximate surface area is 210 Å². The van der Waals surface area contributed by atoms with Crippen molar-refractivity contribution in [2.45, 2.75) is 19.3 Å². The Balaban J connectivity index is 1.55. The predicted octanol–water partition coefficient (Wildman–Crippen LogP) is 5.35. The van der Waals surface area contributed by atoms with E-state index in [1.807, 2.05) is 23.6 Å². The van der Waals surface area contributed by atoms with Crippen molar-refractivity contribution >= 4 is 23.2 Å². The number of nitrogens with zero attached hydrogens (tertiary/aromatic N) is 2. The molecule has 36 heavy (non-hydrogen) atoms. The molecule has 2 heterocycles. The normalized spacial score (nSPS) is 12.3. The highest BCUT2D eigenvalue weighted by atomic mass is 32.1. The van der Waals surface area contributed by atoms with Gasteiger partial charge in [0.25, 0.3) is 5.91 Å². The first-order chi connectivity index (χ1) is 17.2. The number of alkyl halides is 3. The van der Waals surface area contributed by atoms with Crippen molar-refractivity contribution < 1.29 is 32.2 Å². The van der Waals surface area contributed by atoms with Crippen LogP contribution in [0.4, 0.5) is 13.2 Å². The molecule has 1 aliphatic heterocycles. The first-order valence-corrected chi connectivity index (χ1v) is 11.9. The summed E-state index contributed by atoms with van der Waals surface area (Å²) in [5.41, 5.74) is -0.274. The summed E-state index contributed by atoms with van der Waals surface area (Å²) < 4.78 is 50.2.